The number of nitrogens with zero attached hydrogens (tertiary/aromatic N) is 3. The summed E-state index contributed by atoms with van der Waals surface area (Å²) < 4.78 is 5.50. The van der Waals surface area contributed by atoms with Gasteiger partial charge in [-0.1, -0.05) is 6.92 Å². The summed E-state index contributed by atoms with van der Waals surface area (Å²) in [6.45, 7) is 11.8. The molecule has 5 nitrogen and oxygen atoms in total. The van der Waals surface area contributed by atoms with Gasteiger partial charge in [-0.05, 0) is 38.1 Å². The molecule has 0 N–H and O–H groups in total. The second-order valence-corrected chi connectivity index (χ2v) is 7.37. The zero-order valence-electron chi connectivity index (χ0n) is 14.7. The smallest absolute Gasteiger partial charge is 0.222 e. The molecule has 3 aliphatic heterocycles. The van der Waals surface area contributed by atoms with Crippen LogP contribution in [0, 0.1) is 5.92 Å². The van der Waals surface area contributed by atoms with Crippen LogP contribution in [-0.2, 0) is 9.53 Å². The van der Waals surface area contributed by atoms with E-state index in [9.17, 15) is 4.79 Å². The lowest BCUT2D eigenvalue weighted by atomic mass is 9.96. The first-order valence-electron chi connectivity index (χ1n) is 9.58. The van der Waals surface area contributed by atoms with E-state index in [1.165, 1.54) is 32.7 Å². The van der Waals surface area contributed by atoms with E-state index >= 15 is 0 Å². The number of likely N-dealkylation sites (N-methyl/N-ethyl adjacent to an activating group) is 1. The number of hydrogen-bond acceptors (Lipinski definition) is 4. The average Bonchev–Trinajstić information content (AvgIpc) is 2.63. The third kappa shape index (κ3) is 4.68. The molecule has 1 atom stereocenters. The molecular weight excluding hydrogens is 290 g/mol. The van der Waals surface area contributed by atoms with E-state index in [4.69, 9.17) is 4.74 Å². The summed E-state index contributed by atoms with van der Waals surface area (Å²) in [5.41, 5.74) is 0. The molecule has 132 valence electrons. The summed E-state index contributed by atoms with van der Waals surface area (Å²) >= 11 is 0. The maximum absolute atomic E-state index is 12.5. The van der Waals surface area contributed by atoms with Crippen LogP contribution in [0.15, 0.2) is 0 Å². The standard InChI is InChI=1S/C18H33N3O2/c1-2-19-9-11-20(12-10-19)17-5-7-21(8-6-17)18(22)14-16-4-3-13-23-15-16/h16-17H,2-15H2,1H3. The fourth-order valence-corrected chi connectivity index (χ4v) is 4.27. The van der Waals surface area contributed by atoms with Gasteiger partial charge in [0, 0.05) is 64.9 Å². The summed E-state index contributed by atoms with van der Waals surface area (Å²) in [4.78, 5) is 19.8. The Labute approximate surface area is 140 Å². The molecule has 0 aromatic rings. The Morgan fingerprint density at radius 2 is 1.78 bits per heavy atom. The summed E-state index contributed by atoms with van der Waals surface area (Å²) in [5.74, 6) is 0.811. The number of ether oxygens (including phenoxy) is 1. The predicted molar refractivity (Wildman–Crippen MR) is 91.4 cm³/mol. The van der Waals surface area contributed by atoms with E-state index in [1.54, 1.807) is 0 Å². The number of hydrogen-bond donors (Lipinski definition) is 0. The quantitative estimate of drug-likeness (QED) is 0.784. The molecular formula is C18H33N3O2. The van der Waals surface area contributed by atoms with Gasteiger partial charge in [-0.2, -0.15) is 0 Å². The van der Waals surface area contributed by atoms with Crippen LogP contribution in [0.2, 0.25) is 0 Å². The molecule has 0 aromatic carbocycles. The number of carbonyl (C=O) groups excluding carboxylic acids is 1. The van der Waals surface area contributed by atoms with E-state index in [0.717, 1.165) is 52.0 Å². The molecule has 0 bridgehead atoms. The van der Waals surface area contributed by atoms with Gasteiger partial charge >= 0.3 is 0 Å². The molecule has 3 saturated heterocycles. The van der Waals surface area contributed by atoms with E-state index < -0.39 is 0 Å². The van der Waals surface area contributed by atoms with Gasteiger partial charge in [0.15, 0.2) is 0 Å². The van der Waals surface area contributed by atoms with Gasteiger partial charge in [-0.3, -0.25) is 9.69 Å². The Morgan fingerprint density at radius 1 is 1.04 bits per heavy atom. The van der Waals surface area contributed by atoms with Gasteiger partial charge in [0.05, 0.1) is 0 Å². The third-order valence-electron chi connectivity index (χ3n) is 5.91. The van der Waals surface area contributed by atoms with Crippen molar-refractivity contribution in [2.24, 2.45) is 5.92 Å². The monoisotopic (exact) mass is 323 g/mol. The van der Waals surface area contributed by atoms with E-state index in [1.807, 2.05) is 0 Å². The SMILES string of the molecule is CCN1CCN(C2CCN(C(=O)CC3CCCOC3)CC2)CC1. The Morgan fingerprint density at radius 3 is 2.39 bits per heavy atom. The zero-order valence-corrected chi connectivity index (χ0v) is 14.7. The first kappa shape index (κ1) is 17.2. The van der Waals surface area contributed by atoms with Crippen molar-refractivity contribution in [3.8, 4) is 0 Å². The van der Waals surface area contributed by atoms with Crippen molar-refractivity contribution in [3.63, 3.8) is 0 Å². The molecule has 3 aliphatic rings. The van der Waals surface area contributed by atoms with Gasteiger partial charge in [0.1, 0.15) is 0 Å². The fraction of sp³-hybridized carbons (Fsp3) is 0.944. The topological polar surface area (TPSA) is 36.0 Å². The van der Waals surface area contributed by atoms with Crippen molar-refractivity contribution in [2.45, 2.75) is 45.1 Å². The third-order valence-corrected chi connectivity index (χ3v) is 5.91. The number of likely N-dealkylation sites (tertiary alicyclic amines) is 1. The Bertz CT molecular complexity index is 368. The van der Waals surface area contributed by atoms with Crippen molar-refractivity contribution < 1.29 is 9.53 Å². The summed E-state index contributed by atoms with van der Waals surface area (Å²) in [6, 6.07) is 0.691. The minimum absolute atomic E-state index is 0.356. The van der Waals surface area contributed by atoms with Crippen molar-refractivity contribution in [1.82, 2.24) is 14.7 Å². The molecule has 0 spiro atoms. The summed E-state index contributed by atoms with van der Waals surface area (Å²) in [5, 5.41) is 0. The Hall–Kier alpha value is -0.650. The van der Waals surface area contributed by atoms with E-state index in [0.29, 0.717) is 24.3 Å². The molecule has 3 rings (SSSR count). The van der Waals surface area contributed by atoms with Gasteiger partial charge in [-0.25, -0.2) is 0 Å². The van der Waals surface area contributed by atoms with Gasteiger partial charge in [0.2, 0.25) is 5.91 Å². The second-order valence-electron chi connectivity index (χ2n) is 7.37. The molecule has 0 aliphatic carbocycles. The minimum atomic E-state index is 0.356. The number of piperazine rings is 1. The highest BCUT2D eigenvalue weighted by molar-refractivity contribution is 5.76. The van der Waals surface area contributed by atoms with Crippen LogP contribution < -0.4 is 0 Å². The molecule has 1 unspecified atom stereocenters. The van der Waals surface area contributed by atoms with Gasteiger partial charge in [0.25, 0.3) is 0 Å². The molecule has 0 saturated carbocycles. The highest BCUT2D eigenvalue weighted by Gasteiger charge is 2.29. The fourth-order valence-electron chi connectivity index (χ4n) is 4.27. The predicted octanol–water partition coefficient (Wildman–Crippen LogP) is 1.43. The number of carbonyl (C=O) groups is 1. The van der Waals surface area contributed by atoms with Crippen molar-refractivity contribution in [3.05, 3.63) is 0 Å². The van der Waals surface area contributed by atoms with Crippen molar-refractivity contribution in [1.29, 1.82) is 0 Å². The Balaban J connectivity index is 1.38. The maximum atomic E-state index is 12.5. The molecule has 3 fully saturated rings. The van der Waals surface area contributed by atoms with Crippen LogP contribution in [0.4, 0.5) is 0 Å². The molecule has 1 amide bonds. The van der Waals surface area contributed by atoms with Crippen LogP contribution >= 0.6 is 0 Å². The molecule has 23 heavy (non-hydrogen) atoms. The minimum Gasteiger partial charge on any atom is -0.381 e. The maximum Gasteiger partial charge on any atom is 0.222 e. The Kier molecular flexibility index (Phi) is 6.31. The lowest BCUT2D eigenvalue weighted by molar-refractivity contribution is -0.135. The number of amides is 1. The van der Waals surface area contributed by atoms with Crippen molar-refractivity contribution >= 4 is 5.91 Å². The number of rotatable bonds is 4. The average molecular weight is 323 g/mol. The second kappa shape index (κ2) is 8.45. The van der Waals surface area contributed by atoms with E-state index in [-0.39, 0.29) is 0 Å². The largest absolute Gasteiger partial charge is 0.381 e. The van der Waals surface area contributed by atoms with Crippen molar-refractivity contribution in [2.75, 3.05) is 59.0 Å². The first-order valence-corrected chi connectivity index (χ1v) is 9.58. The van der Waals surface area contributed by atoms with E-state index in [2.05, 4.69) is 21.6 Å². The molecule has 5 heteroatoms. The molecule has 0 radical (unpaired) electrons. The first-order chi connectivity index (χ1) is 11.3. The normalized spacial score (nSPS) is 28.9. The summed E-state index contributed by atoms with van der Waals surface area (Å²) in [7, 11) is 0. The lowest BCUT2D eigenvalue weighted by Crippen LogP contribution is -2.53. The van der Waals surface area contributed by atoms with Crippen LogP contribution in [0.1, 0.15) is 39.0 Å². The van der Waals surface area contributed by atoms with Gasteiger partial charge < -0.3 is 14.5 Å². The summed E-state index contributed by atoms with van der Waals surface area (Å²) in [6.07, 6.45) is 5.27. The van der Waals surface area contributed by atoms with Crippen LogP contribution in [-0.4, -0.2) is 85.7 Å². The van der Waals surface area contributed by atoms with Crippen LogP contribution in [0.5, 0.6) is 0 Å². The van der Waals surface area contributed by atoms with Crippen LogP contribution in [0.3, 0.4) is 0 Å². The lowest BCUT2D eigenvalue weighted by Gasteiger charge is -2.42. The molecule has 3 heterocycles. The highest BCUT2D eigenvalue weighted by Crippen LogP contribution is 2.22. The van der Waals surface area contributed by atoms with Gasteiger partial charge in [-0.15, -0.1) is 0 Å². The molecule has 0 aromatic heterocycles. The highest BCUT2D eigenvalue weighted by atomic mass is 16.5. The zero-order chi connectivity index (χ0) is 16.1. The number of piperidine rings is 1. The van der Waals surface area contributed by atoms with Crippen LogP contribution in [0.25, 0.3) is 0 Å².